The van der Waals surface area contributed by atoms with Crippen LogP contribution in [0.2, 0.25) is 0 Å². The van der Waals surface area contributed by atoms with Gasteiger partial charge < -0.3 is 10.2 Å². The van der Waals surface area contributed by atoms with Crippen LogP contribution in [0.3, 0.4) is 0 Å². The van der Waals surface area contributed by atoms with Crippen LogP contribution in [0.1, 0.15) is 140 Å². The molecule has 16 unspecified atom stereocenters. The van der Waals surface area contributed by atoms with E-state index in [1.54, 1.807) is 5.57 Å². The molecule has 4 saturated carbocycles. The van der Waals surface area contributed by atoms with Crippen LogP contribution in [0.25, 0.3) is 0 Å². The summed E-state index contributed by atoms with van der Waals surface area (Å²) < 4.78 is 0. The van der Waals surface area contributed by atoms with Gasteiger partial charge in [0.25, 0.3) is 0 Å². The molecule has 5 aliphatic carbocycles. The largest absolute Gasteiger partial charge is 0.393 e. The van der Waals surface area contributed by atoms with Crippen molar-refractivity contribution >= 4 is 0 Å². The molecule has 2 N–H and O–H groups in total. The van der Waals surface area contributed by atoms with Crippen LogP contribution >= 0.6 is 0 Å². The Labute approximate surface area is 261 Å². The van der Waals surface area contributed by atoms with E-state index in [9.17, 15) is 10.2 Å². The van der Waals surface area contributed by atoms with Crippen LogP contribution in [-0.4, -0.2) is 22.4 Å². The van der Waals surface area contributed by atoms with Crippen LogP contribution < -0.4 is 0 Å². The average Bonchev–Trinajstić information content (AvgIpc) is 2.87. The minimum Gasteiger partial charge on any atom is -0.393 e. The maximum Gasteiger partial charge on any atom is 0.0656 e. The van der Waals surface area contributed by atoms with E-state index in [2.05, 4.69) is 75.3 Å². The highest BCUT2D eigenvalue weighted by Crippen LogP contribution is 2.74. The van der Waals surface area contributed by atoms with Crippen LogP contribution in [0.5, 0.6) is 0 Å². The SMILES string of the molecule is CC(CC1=CCCCC1)CC1CC(C(C)C)C2CC3(C)CC4(C)CC(C)C(C(C)O)C(O)C4(C)C(C)C3C(C)C2C1C. The van der Waals surface area contributed by atoms with Gasteiger partial charge in [-0.2, -0.15) is 0 Å². The molecule has 5 rings (SSSR count). The lowest BCUT2D eigenvalue weighted by atomic mass is 9.32. The first-order valence-electron chi connectivity index (χ1n) is 18.6. The van der Waals surface area contributed by atoms with Crippen molar-refractivity contribution in [1.29, 1.82) is 0 Å². The van der Waals surface area contributed by atoms with E-state index in [1.165, 1.54) is 57.8 Å². The highest BCUT2D eigenvalue weighted by atomic mass is 16.3. The predicted molar refractivity (Wildman–Crippen MR) is 178 cm³/mol. The van der Waals surface area contributed by atoms with Crippen molar-refractivity contribution in [2.45, 2.75) is 153 Å². The second-order valence-corrected chi connectivity index (χ2v) is 18.7. The number of fused-ring (bicyclic) bond motifs is 3. The van der Waals surface area contributed by atoms with Gasteiger partial charge >= 0.3 is 0 Å². The van der Waals surface area contributed by atoms with Gasteiger partial charge in [-0.1, -0.05) is 80.9 Å². The molecule has 0 aromatic rings. The fraction of sp³-hybridized carbons (Fsp3) is 0.950. The fourth-order valence-corrected chi connectivity index (χ4v) is 14.1. The molecule has 0 heterocycles. The smallest absolute Gasteiger partial charge is 0.0656 e. The van der Waals surface area contributed by atoms with Gasteiger partial charge in [0.15, 0.2) is 0 Å². The first kappa shape index (κ1) is 33.0. The summed E-state index contributed by atoms with van der Waals surface area (Å²) in [5, 5.41) is 23.0. The summed E-state index contributed by atoms with van der Waals surface area (Å²) in [4.78, 5) is 0. The number of aliphatic hydroxyl groups excluding tert-OH is 2. The summed E-state index contributed by atoms with van der Waals surface area (Å²) in [6.45, 7) is 27.3. The number of rotatable bonds is 6. The summed E-state index contributed by atoms with van der Waals surface area (Å²) in [6.07, 6.45) is 15.0. The topological polar surface area (TPSA) is 40.5 Å². The van der Waals surface area contributed by atoms with E-state index in [0.29, 0.717) is 29.1 Å². The Bertz CT molecular complexity index is 982. The fourth-order valence-electron chi connectivity index (χ4n) is 14.1. The van der Waals surface area contributed by atoms with Crippen LogP contribution in [-0.2, 0) is 0 Å². The Morgan fingerprint density at radius 1 is 0.952 bits per heavy atom. The zero-order chi connectivity index (χ0) is 30.9. The van der Waals surface area contributed by atoms with Crippen molar-refractivity contribution in [1.82, 2.24) is 0 Å². The molecule has 2 nitrogen and oxygen atoms in total. The van der Waals surface area contributed by atoms with E-state index in [-0.39, 0.29) is 16.7 Å². The average molecular weight is 583 g/mol. The van der Waals surface area contributed by atoms with E-state index >= 15 is 0 Å². The van der Waals surface area contributed by atoms with E-state index in [1.807, 2.05) is 6.92 Å². The molecule has 16 atom stereocenters. The zero-order valence-electron chi connectivity index (χ0n) is 29.6. The monoisotopic (exact) mass is 583 g/mol. The molecule has 242 valence electrons. The molecule has 0 amide bonds. The third kappa shape index (κ3) is 5.21. The van der Waals surface area contributed by atoms with Gasteiger partial charge in [0.1, 0.15) is 0 Å². The molecule has 0 aromatic carbocycles. The second-order valence-electron chi connectivity index (χ2n) is 18.7. The Kier molecular flexibility index (Phi) is 9.27. The molecule has 2 heteroatoms. The normalized spacial score (nSPS) is 52.5. The molecule has 0 saturated heterocycles. The van der Waals surface area contributed by atoms with Crippen LogP contribution in [0.15, 0.2) is 11.6 Å². The minimum absolute atomic E-state index is 0.0226. The Balaban J connectivity index is 1.45. The summed E-state index contributed by atoms with van der Waals surface area (Å²) >= 11 is 0. The number of hydrogen-bond donors (Lipinski definition) is 2. The first-order chi connectivity index (χ1) is 19.6. The van der Waals surface area contributed by atoms with Gasteiger partial charge in [-0.3, -0.25) is 0 Å². The van der Waals surface area contributed by atoms with Gasteiger partial charge in [0, 0.05) is 11.3 Å². The summed E-state index contributed by atoms with van der Waals surface area (Å²) in [7, 11) is 0. The molecule has 42 heavy (non-hydrogen) atoms. The Morgan fingerprint density at radius 2 is 1.64 bits per heavy atom. The summed E-state index contributed by atoms with van der Waals surface area (Å²) in [5.74, 6) is 7.71. The van der Waals surface area contributed by atoms with Crippen molar-refractivity contribution in [3.05, 3.63) is 11.6 Å². The van der Waals surface area contributed by atoms with Crippen molar-refractivity contribution in [3.8, 4) is 0 Å². The summed E-state index contributed by atoms with van der Waals surface area (Å²) in [5.41, 5.74) is 2.02. The van der Waals surface area contributed by atoms with Crippen LogP contribution in [0.4, 0.5) is 0 Å². The van der Waals surface area contributed by atoms with Gasteiger partial charge in [-0.25, -0.2) is 0 Å². The number of hydrogen-bond acceptors (Lipinski definition) is 2. The lowest BCUT2D eigenvalue weighted by molar-refractivity contribution is -0.271. The molecule has 0 aliphatic heterocycles. The lowest BCUT2D eigenvalue weighted by Gasteiger charge is -2.72. The van der Waals surface area contributed by atoms with Gasteiger partial charge in [-0.05, 0) is 147 Å². The molecule has 4 fully saturated rings. The number of aliphatic hydroxyl groups is 2. The van der Waals surface area contributed by atoms with Crippen molar-refractivity contribution < 1.29 is 10.2 Å². The molecule has 0 spiro atoms. The first-order valence-corrected chi connectivity index (χ1v) is 18.6. The second kappa shape index (κ2) is 11.8. The maximum atomic E-state index is 12.2. The third-order valence-corrected chi connectivity index (χ3v) is 15.8. The van der Waals surface area contributed by atoms with Gasteiger partial charge in [-0.15, -0.1) is 0 Å². The quantitative estimate of drug-likeness (QED) is 0.306. The zero-order valence-corrected chi connectivity index (χ0v) is 29.6. The minimum atomic E-state index is -0.456. The molecule has 5 aliphatic rings. The highest BCUT2D eigenvalue weighted by molar-refractivity contribution is 5.18. The molecule has 0 radical (unpaired) electrons. The third-order valence-electron chi connectivity index (χ3n) is 15.8. The van der Waals surface area contributed by atoms with E-state index in [4.69, 9.17) is 0 Å². The lowest BCUT2D eigenvalue weighted by Crippen LogP contribution is -2.69. The van der Waals surface area contributed by atoms with Gasteiger partial charge in [0.05, 0.1) is 12.2 Å². The predicted octanol–water partition coefficient (Wildman–Crippen LogP) is 10.2. The maximum absolute atomic E-state index is 12.2. The van der Waals surface area contributed by atoms with Crippen molar-refractivity contribution in [2.24, 2.45) is 87.3 Å². The molecular formula is C40H70O2. The standard InChI is InChI=1S/C40H70O2/c1-23(2)32-19-31(18-24(3)17-30-15-13-12-14-16-30)26(5)35-27(6)36-28(7)40(11)37(42)34(29(8)41)25(4)20-39(40,10)22-38(36,9)21-33(32)35/h15,23-29,31-37,41-42H,12-14,16-22H2,1-11H3. The molecule has 0 bridgehead atoms. The number of allylic oxidation sites excluding steroid dienone is 2. The van der Waals surface area contributed by atoms with E-state index < -0.39 is 12.2 Å². The van der Waals surface area contributed by atoms with E-state index in [0.717, 1.165) is 47.8 Å². The molecule has 0 aromatic heterocycles. The van der Waals surface area contributed by atoms with Gasteiger partial charge in [0.2, 0.25) is 0 Å². The highest BCUT2D eigenvalue weighted by Gasteiger charge is 2.70. The Hall–Kier alpha value is -0.340. The van der Waals surface area contributed by atoms with Crippen molar-refractivity contribution in [2.75, 3.05) is 0 Å². The summed E-state index contributed by atoms with van der Waals surface area (Å²) in [6, 6.07) is 0. The van der Waals surface area contributed by atoms with Crippen LogP contribution in [0, 0.1) is 87.3 Å². The van der Waals surface area contributed by atoms with Crippen molar-refractivity contribution in [3.63, 3.8) is 0 Å². The Morgan fingerprint density at radius 3 is 2.24 bits per heavy atom. The molecular weight excluding hydrogens is 512 g/mol.